The molecule has 3 amide bonds. The highest BCUT2D eigenvalue weighted by molar-refractivity contribution is 6.00. The fourth-order valence-corrected chi connectivity index (χ4v) is 3.85. The lowest BCUT2D eigenvalue weighted by Gasteiger charge is -2.20. The SMILES string of the molecule is COc1cc(NC(=O)Nc2cccc(COC(N)=O)c2[C@@H]2CCOC2)ccc1-c1cnco1. The lowest BCUT2D eigenvalue weighted by molar-refractivity contribution is 0.149. The number of carbonyl (C=O) groups is 2. The summed E-state index contributed by atoms with van der Waals surface area (Å²) in [5, 5.41) is 5.71. The minimum absolute atomic E-state index is 0.0125. The van der Waals surface area contributed by atoms with Gasteiger partial charge in [0.05, 0.1) is 25.5 Å². The number of anilines is 2. The molecule has 10 heteroatoms. The van der Waals surface area contributed by atoms with Gasteiger partial charge < -0.3 is 35.0 Å². The highest BCUT2D eigenvalue weighted by Gasteiger charge is 2.25. The number of amides is 3. The Kier molecular flexibility index (Phi) is 6.75. The molecule has 3 aromatic rings. The van der Waals surface area contributed by atoms with Gasteiger partial charge in [-0.1, -0.05) is 12.1 Å². The maximum atomic E-state index is 12.8. The Labute approximate surface area is 190 Å². The zero-order valence-electron chi connectivity index (χ0n) is 18.0. The third-order valence-electron chi connectivity index (χ3n) is 5.31. The summed E-state index contributed by atoms with van der Waals surface area (Å²) in [5.41, 5.74) is 8.62. The molecule has 1 aliphatic heterocycles. The minimum atomic E-state index is -0.859. The maximum Gasteiger partial charge on any atom is 0.404 e. The lowest BCUT2D eigenvalue weighted by atomic mass is 9.92. The van der Waals surface area contributed by atoms with Crippen molar-refractivity contribution in [2.24, 2.45) is 5.73 Å². The smallest absolute Gasteiger partial charge is 0.404 e. The van der Waals surface area contributed by atoms with E-state index in [4.69, 9.17) is 24.4 Å². The van der Waals surface area contributed by atoms with Crippen LogP contribution in [0.2, 0.25) is 0 Å². The van der Waals surface area contributed by atoms with Crippen LogP contribution >= 0.6 is 0 Å². The summed E-state index contributed by atoms with van der Waals surface area (Å²) in [6, 6.07) is 10.2. The van der Waals surface area contributed by atoms with Gasteiger partial charge in [-0.3, -0.25) is 0 Å². The maximum absolute atomic E-state index is 12.8. The summed E-state index contributed by atoms with van der Waals surface area (Å²) in [5.74, 6) is 1.15. The molecular formula is C23H24N4O6. The van der Waals surface area contributed by atoms with E-state index in [1.165, 1.54) is 13.5 Å². The summed E-state index contributed by atoms with van der Waals surface area (Å²) < 4.78 is 21.3. The van der Waals surface area contributed by atoms with E-state index in [-0.39, 0.29) is 12.5 Å². The van der Waals surface area contributed by atoms with Crippen molar-refractivity contribution in [2.45, 2.75) is 18.9 Å². The van der Waals surface area contributed by atoms with Gasteiger partial charge in [0.1, 0.15) is 12.4 Å². The van der Waals surface area contributed by atoms with Crippen LogP contribution in [0.15, 0.2) is 53.4 Å². The molecule has 1 atom stereocenters. The molecule has 10 nitrogen and oxygen atoms in total. The van der Waals surface area contributed by atoms with Gasteiger partial charge in [0.2, 0.25) is 0 Å². The number of oxazole rings is 1. The highest BCUT2D eigenvalue weighted by Crippen LogP contribution is 2.35. The minimum Gasteiger partial charge on any atom is -0.496 e. The Morgan fingerprint density at radius 1 is 1.24 bits per heavy atom. The Bertz CT molecular complexity index is 1130. The van der Waals surface area contributed by atoms with Crippen LogP contribution in [0.25, 0.3) is 11.3 Å². The molecule has 0 unspecified atom stereocenters. The number of aromatic nitrogens is 1. The molecule has 0 saturated carbocycles. The molecule has 0 bridgehead atoms. The number of methoxy groups -OCH3 is 1. The lowest BCUT2D eigenvalue weighted by Crippen LogP contribution is -2.22. The van der Waals surface area contributed by atoms with E-state index in [9.17, 15) is 9.59 Å². The van der Waals surface area contributed by atoms with E-state index in [1.54, 1.807) is 36.5 Å². The zero-order chi connectivity index (χ0) is 23.2. The fourth-order valence-electron chi connectivity index (χ4n) is 3.85. The number of primary amides is 1. The average molecular weight is 452 g/mol. The van der Waals surface area contributed by atoms with E-state index >= 15 is 0 Å². The van der Waals surface area contributed by atoms with E-state index in [0.29, 0.717) is 41.7 Å². The molecule has 33 heavy (non-hydrogen) atoms. The first kappa shape index (κ1) is 22.2. The number of carbonyl (C=O) groups excluding carboxylic acids is 2. The number of ether oxygens (including phenoxy) is 3. The standard InChI is InChI=1S/C23H24N4O6/c1-30-19-9-16(5-6-17(19)20-10-25-13-33-20)26-23(29)27-18-4-2-3-14(12-32-22(24)28)21(18)15-7-8-31-11-15/h2-6,9-10,13,15H,7-8,11-12H2,1H3,(H2,24,28)(H2,26,27,29)/t15-/m1/s1. The highest BCUT2D eigenvalue weighted by atomic mass is 16.5. The molecule has 0 spiro atoms. The number of nitrogens with one attached hydrogen (secondary N) is 2. The molecule has 1 fully saturated rings. The van der Waals surface area contributed by atoms with E-state index < -0.39 is 12.1 Å². The quantitative estimate of drug-likeness (QED) is 0.491. The summed E-state index contributed by atoms with van der Waals surface area (Å²) in [4.78, 5) is 27.8. The molecule has 172 valence electrons. The number of urea groups is 1. The first-order valence-electron chi connectivity index (χ1n) is 10.3. The number of hydrogen-bond donors (Lipinski definition) is 3. The molecule has 1 saturated heterocycles. The Hall–Kier alpha value is -4.05. The molecule has 0 aliphatic carbocycles. The normalized spacial score (nSPS) is 15.1. The van der Waals surface area contributed by atoms with Gasteiger partial charge >= 0.3 is 12.1 Å². The zero-order valence-corrected chi connectivity index (χ0v) is 18.0. The van der Waals surface area contributed by atoms with Crippen molar-refractivity contribution in [1.29, 1.82) is 0 Å². The number of nitrogens with two attached hydrogens (primary N) is 1. The second-order valence-electron chi connectivity index (χ2n) is 7.41. The summed E-state index contributed by atoms with van der Waals surface area (Å²) >= 11 is 0. The van der Waals surface area contributed by atoms with Gasteiger partial charge in [-0.15, -0.1) is 0 Å². The van der Waals surface area contributed by atoms with Crippen molar-refractivity contribution < 1.29 is 28.2 Å². The van der Waals surface area contributed by atoms with Crippen LogP contribution in [0.5, 0.6) is 5.75 Å². The van der Waals surface area contributed by atoms with Crippen LogP contribution in [0.3, 0.4) is 0 Å². The topological polar surface area (TPSA) is 138 Å². The summed E-state index contributed by atoms with van der Waals surface area (Å²) in [7, 11) is 1.54. The summed E-state index contributed by atoms with van der Waals surface area (Å²) in [6.45, 7) is 1.15. The molecule has 1 aromatic heterocycles. The van der Waals surface area contributed by atoms with E-state index in [1.807, 2.05) is 6.07 Å². The molecule has 0 radical (unpaired) electrons. The molecule has 4 rings (SSSR count). The summed E-state index contributed by atoms with van der Waals surface area (Å²) in [6.07, 6.45) is 2.86. The fraction of sp³-hybridized carbons (Fsp3) is 0.261. The van der Waals surface area contributed by atoms with Crippen molar-refractivity contribution in [3.8, 4) is 17.1 Å². The van der Waals surface area contributed by atoms with Gasteiger partial charge in [-0.05, 0) is 35.7 Å². The second-order valence-corrected chi connectivity index (χ2v) is 7.41. The van der Waals surface area contributed by atoms with Crippen LogP contribution < -0.4 is 21.1 Å². The third-order valence-corrected chi connectivity index (χ3v) is 5.31. The molecule has 4 N–H and O–H groups in total. The van der Waals surface area contributed by atoms with Gasteiger partial charge in [-0.25, -0.2) is 14.6 Å². The predicted octanol–water partition coefficient (Wildman–Crippen LogP) is 4.09. The van der Waals surface area contributed by atoms with Gasteiger partial charge in [0, 0.05) is 30.0 Å². The monoisotopic (exact) mass is 452 g/mol. The van der Waals surface area contributed by atoms with Crippen molar-refractivity contribution in [3.63, 3.8) is 0 Å². The Morgan fingerprint density at radius 2 is 2.12 bits per heavy atom. The molecule has 2 aromatic carbocycles. The molecule has 1 aliphatic rings. The van der Waals surface area contributed by atoms with Gasteiger partial charge in [0.15, 0.2) is 12.2 Å². The van der Waals surface area contributed by atoms with Crippen LogP contribution in [-0.4, -0.2) is 37.4 Å². The van der Waals surface area contributed by atoms with Crippen molar-refractivity contribution in [1.82, 2.24) is 4.98 Å². The predicted molar refractivity (Wildman–Crippen MR) is 120 cm³/mol. The van der Waals surface area contributed by atoms with E-state index in [0.717, 1.165) is 17.5 Å². The van der Waals surface area contributed by atoms with Crippen LogP contribution in [0.1, 0.15) is 23.5 Å². The van der Waals surface area contributed by atoms with Gasteiger partial charge in [0.25, 0.3) is 0 Å². The largest absolute Gasteiger partial charge is 0.496 e. The third kappa shape index (κ3) is 5.24. The number of rotatable bonds is 7. The average Bonchev–Trinajstić information content (AvgIpc) is 3.52. The Morgan fingerprint density at radius 3 is 2.82 bits per heavy atom. The first-order valence-corrected chi connectivity index (χ1v) is 10.3. The number of benzene rings is 2. The van der Waals surface area contributed by atoms with E-state index in [2.05, 4.69) is 15.6 Å². The molecule has 2 heterocycles. The first-order chi connectivity index (χ1) is 16.0. The van der Waals surface area contributed by atoms with Crippen LogP contribution in [-0.2, 0) is 16.1 Å². The van der Waals surface area contributed by atoms with Gasteiger partial charge in [-0.2, -0.15) is 0 Å². The number of hydrogen-bond acceptors (Lipinski definition) is 7. The second kappa shape index (κ2) is 10.0. The Balaban J connectivity index is 1.53. The number of nitrogens with zero attached hydrogens (tertiary/aromatic N) is 1. The van der Waals surface area contributed by atoms with Crippen molar-refractivity contribution >= 4 is 23.5 Å². The van der Waals surface area contributed by atoms with Crippen LogP contribution in [0.4, 0.5) is 21.0 Å². The molecular weight excluding hydrogens is 428 g/mol. The van der Waals surface area contributed by atoms with Crippen molar-refractivity contribution in [2.75, 3.05) is 31.0 Å². The van der Waals surface area contributed by atoms with Crippen molar-refractivity contribution in [3.05, 3.63) is 60.1 Å². The van der Waals surface area contributed by atoms with Crippen LogP contribution in [0, 0.1) is 0 Å².